The second-order valence-electron chi connectivity index (χ2n) is 7.14. The number of hydrogen-bond donors (Lipinski definition) is 2. The number of hydrogen-bond acceptors (Lipinski definition) is 4. The molecule has 0 aliphatic heterocycles. The monoisotopic (exact) mass is 399 g/mol. The van der Waals surface area contributed by atoms with Crippen molar-refractivity contribution in [1.29, 1.82) is 5.26 Å². The molecule has 148 valence electrons. The first-order valence-electron chi connectivity index (χ1n) is 9.07. The fraction of sp³-hybridized carbons (Fsp3) is 0.333. The highest BCUT2D eigenvalue weighted by Gasteiger charge is 2.26. The van der Waals surface area contributed by atoms with Gasteiger partial charge >= 0.3 is 0 Å². The van der Waals surface area contributed by atoms with Crippen molar-refractivity contribution < 1.29 is 13.2 Å². The molecule has 1 atom stereocenters. The molecule has 0 spiro atoms. The minimum absolute atomic E-state index is 0.120. The van der Waals surface area contributed by atoms with Gasteiger partial charge in [0.2, 0.25) is 15.9 Å². The largest absolute Gasteiger partial charge is 0.325 e. The normalized spacial score (nSPS) is 12.4. The first-order valence-corrected chi connectivity index (χ1v) is 10.6. The Morgan fingerprint density at radius 1 is 1.07 bits per heavy atom. The average Bonchev–Trinajstić information content (AvgIpc) is 2.63. The zero-order valence-corrected chi connectivity index (χ0v) is 17.1. The molecule has 0 saturated heterocycles. The number of carbonyl (C=O) groups excluding carboxylic acids is 1. The molecule has 6 nitrogen and oxygen atoms in total. The lowest BCUT2D eigenvalue weighted by Crippen LogP contribution is -2.44. The summed E-state index contributed by atoms with van der Waals surface area (Å²) >= 11 is 0. The number of nitriles is 1. The van der Waals surface area contributed by atoms with Crippen molar-refractivity contribution in [2.75, 3.05) is 5.32 Å². The van der Waals surface area contributed by atoms with E-state index in [9.17, 15) is 13.2 Å². The van der Waals surface area contributed by atoms with Crippen LogP contribution < -0.4 is 10.0 Å². The van der Waals surface area contributed by atoms with Crippen molar-refractivity contribution in [3.63, 3.8) is 0 Å². The van der Waals surface area contributed by atoms with Gasteiger partial charge in [-0.25, -0.2) is 8.42 Å². The van der Waals surface area contributed by atoms with Gasteiger partial charge in [0.25, 0.3) is 0 Å². The van der Waals surface area contributed by atoms with Gasteiger partial charge in [-0.2, -0.15) is 9.98 Å². The van der Waals surface area contributed by atoms with Crippen molar-refractivity contribution in [1.82, 2.24) is 4.72 Å². The number of amides is 1. The second kappa shape index (κ2) is 9.49. The molecule has 1 amide bonds. The van der Waals surface area contributed by atoms with E-state index < -0.39 is 22.0 Å². The van der Waals surface area contributed by atoms with Crippen LogP contribution >= 0.6 is 0 Å². The first-order chi connectivity index (χ1) is 13.2. The number of carbonyl (C=O) groups is 1. The maximum Gasteiger partial charge on any atom is 0.242 e. The molecule has 2 aromatic carbocycles. The molecule has 0 fully saturated rings. The molecule has 0 aliphatic carbocycles. The molecule has 0 saturated carbocycles. The standard InChI is InChI=1S/C21H25N3O3S/c1-15(2)14-20(24-28(26,27)19-10-4-16(3)5-11-19)21(25)23-18-8-6-17(7-9-18)12-13-22/h4-11,15,20,24H,12,14H2,1-3H3,(H,23,25)/t20-/m0/s1. The highest BCUT2D eigenvalue weighted by Crippen LogP contribution is 2.16. The molecule has 2 rings (SSSR count). The Bertz CT molecular complexity index is 944. The van der Waals surface area contributed by atoms with Crippen LogP contribution in [0.5, 0.6) is 0 Å². The van der Waals surface area contributed by atoms with Gasteiger partial charge in [0.1, 0.15) is 6.04 Å². The summed E-state index contributed by atoms with van der Waals surface area (Å²) in [5, 5.41) is 11.5. The molecule has 0 aliphatic rings. The van der Waals surface area contributed by atoms with E-state index >= 15 is 0 Å². The zero-order chi connectivity index (χ0) is 20.7. The number of sulfonamides is 1. The number of anilines is 1. The van der Waals surface area contributed by atoms with E-state index in [1.807, 2.05) is 20.8 Å². The lowest BCUT2D eigenvalue weighted by molar-refractivity contribution is -0.118. The third kappa shape index (κ3) is 6.19. The van der Waals surface area contributed by atoms with Gasteiger partial charge in [-0.1, -0.05) is 43.7 Å². The lowest BCUT2D eigenvalue weighted by Gasteiger charge is -2.20. The molecule has 0 aromatic heterocycles. The minimum atomic E-state index is -3.82. The maximum atomic E-state index is 12.7. The average molecular weight is 400 g/mol. The van der Waals surface area contributed by atoms with E-state index in [0.29, 0.717) is 18.5 Å². The smallest absolute Gasteiger partial charge is 0.242 e. The van der Waals surface area contributed by atoms with E-state index in [0.717, 1.165) is 11.1 Å². The zero-order valence-electron chi connectivity index (χ0n) is 16.3. The van der Waals surface area contributed by atoms with Crippen LogP contribution in [0.2, 0.25) is 0 Å². The highest BCUT2D eigenvalue weighted by atomic mass is 32.2. The Kier molecular flexibility index (Phi) is 7.32. The van der Waals surface area contributed by atoms with Crippen LogP contribution in [0.25, 0.3) is 0 Å². The van der Waals surface area contributed by atoms with Crippen LogP contribution in [0.15, 0.2) is 53.4 Å². The van der Waals surface area contributed by atoms with Crippen LogP contribution in [0.3, 0.4) is 0 Å². The predicted molar refractivity (Wildman–Crippen MR) is 109 cm³/mol. The van der Waals surface area contributed by atoms with E-state index in [-0.39, 0.29) is 10.8 Å². The summed E-state index contributed by atoms with van der Waals surface area (Å²) in [6, 6.07) is 14.6. The summed E-state index contributed by atoms with van der Waals surface area (Å²) < 4.78 is 27.9. The van der Waals surface area contributed by atoms with Crippen LogP contribution in [0.1, 0.15) is 31.4 Å². The summed E-state index contributed by atoms with van der Waals surface area (Å²) in [7, 11) is -3.82. The van der Waals surface area contributed by atoms with Gasteiger partial charge in [-0.15, -0.1) is 0 Å². The molecule has 2 N–H and O–H groups in total. The predicted octanol–water partition coefficient (Wildman–Crippen LogP) is 3.39. The van der Waals surface area contributed by atoms with Gasteiger partial charge in [0.05, 0.1) is 17.4 Å². The summed E-state index contributed by atoms with van der Waals surface area (Å²) in [6.45, 7) is 5.73. The van der Waals surface area contributed by atoms with Crippen LogP contribution in [-0.4, -0.2) is 20.4 Å². The summed E-state index contributed by atoms with van der Waals surface area (Å²) in [5.74, 6) is -0.299. The van der Waals surface area contributed by atoms with Crippen molar-refractivity contribution in [2.24, 2.45) is 5.92 Å². The van der Waals surface area contributed by atoms with E-state index in [4.69, 9.17) is 5.26 Å². The quantitative estimate of drug-likeness (QED) is 0.711. The first kappa shape index (κ1) is 21.6. The number of benzene rings is 2. The van der Waals surface area contributed by atoms with Gasteiger partial charge in [-0.3, -0.25) is 4.79 Å². The highest BCUT2D eigenvalue weighted by molar-refractivity contribution is 7.89. The van der Waals surface area contributed by atoms with Gasteiger partial charge in [0.15, 0.2) is 0 Å². The molecular weight excluding hydrogens is 374 g/mol. The maximum absolute atomic E-state index is 12.7. The van der Waals surface area contributed by atoms with Crippen LogP contribution in [-0.2, 0) is 21.2 Å². The third-order valence-electron chi connectivity index (χ3n) is 4.16. The van der Waals surface area contributed by atoms with Crippen molar-refractivity contribution in [3.8, 4) is 6.07 Å². The van der Waals surface area contributed by atoms with Crippen molar-refractivity contribution in [2.45, 2.75) is 44.6 Å². The van der Waals surface area contributed by atoms with Crippen molar-refractivity contribution >= 4 is 21.6 Å². The fourth-order valence-corrected chi connectivity index (χ4v) is 3.89. The summed E-state index contributed by atoms with van der Waals surface area (Å²) in [6.07, 6.45) is 0.657. The van der Waals surface area contributed by atoms with Crippen LogP contribution in [0, 0.1) is 24.2 Å². The Labute approximate surface area is 166 Å². The van der Waals surface area contributed by atoms with E-state index in [2.05, 4.69) is 16.1 Å². The number of rotatable bonds is 8. The SMILES string of the molecule is Cc1ccc(S(=O)(=O)N[C@@H](CC(C)C)C(=O)Nc2ccc(CC#N)cc2)cc1. The molecule has 0 bridgehead atoms. The number of aryl methyl sites for hydroxylation is 1. The van der Waals surface area contributed by atoms with Gasteiger partial charge < -0.3 is 5.32 Å². The fourth-order valence-electron chi connectivity index (χ4n) is 2.68. The summed E-state index contributed by atoms with van der Waals surface area (Å²) in [5.41, 5.74) is 2.35. The van der Waals surface area contributed by atoms with E-state index in [1.54, 1.807) is 36.4 Å². The van der Waals surface area contributed by atoms with Crippen molar-refractivity contribution in [3.05, 3.63) is 59.7 Å². The van der Waals surface area contributed by atoms with E-state index in [1.165, 1.54) is 12.1 Å². The molecule has 2 aromatic rings. The second-order valence-corrected chi connectivity index (χ2v) is 8.85. The number of nitrogens with zero attached hydrogens (tertiary/aromatic N) is 1. The molecular formula is C21H25N3O3S. The molecule has 0 radical (unpaired) electrons. The van der Waals surface area contributed by atoms with Gasteiger partial charge in [0, 0.05) is 5.69 Å². The molecule has 7 heteroatoms. The Balaban J connectivity index is 2.16. The Hall–Kier alpha value is -2.69. The molecule has 0 heterocycles. The minimum Gasteiger partial charge on any atom is -0.325 e. The topological polar surface area (TPSA) is 99.1 Å². The molecule has 0 unspecified atom stereocenters. The van der Waals surface area contributed by atoms with Crippen LogP contribution in [0.4, 0.5) is 5.69 Å². The Morgan fingerprint density at radius 2 is 1.68 bits per heavy atom. The number of nitrogens with one attached hydrogen (secondary N) is 2. The molecule has 28 heavy (non-hydrogen) atoms. The summed E-state index contributed by atoms with van der Waals surface area (Å²) in [4.78, 5) is 12.9. The third-order valence-corrected chi connectivity index (χ3v) is 5.64. The van der Waals surface area contributed by atoms with Gasteiger partial charge in [-0.05, 0) is 49.1 Å². The Morgan fingerprint density at radius 3 is 2.21 bits per heavy atom. The lowest BCUT2D eigenvalue weighted by atomic mass is 10.0.